The standard InChI is InChI=1S/C19H15BrN4O2/c1-24-9-12(8-22-24)11-2-4-16-14(6-11)19(10-25-18(21)23-19)15-7-13(20)3-5-17(15)26-16/h2-9H,10H2,1H3,(H2,21,23)/t19-/m1/s1. The molecule has 3 aromatic rings. The van der Waals surface area contributed by atoms with Crippen LogP contribution >= 0.6 is 15.9 Å². The first-order valence-corrected chi connectivity index (χ1v) is 8.94. The largest absolute Gasteiger partial charge is 0.462 e. The lowest BCUT2D eigenvalue weighted by Crippen LogP contribution is -2.31. The highest BCUT2D eigenvalue weighted by Crippen LogP contribution is 2.52. The van der Waals surface area contributed by atoms with E-state index in [1.165, 1.54) is 0 Å². The third-order valence-electron chi connectivity index (χ3n) is 4.80. The fraction of sp³-hybridized carbons (Fsp3) is 0.158. The minimum absolute atomic E-state index is 0.190. The zero-order chi connectivity index (χ0) is 17.9. The zero-order valence-corrected chi connectivity index (χ0v) is 15.5. The summed E-state index contributed by atoms with van der Waals surface area (Å²) in [6.07, 6.45) is 3.82. The predicted molar refractivity (Wildman–Crippen MR) is 101 cm³/mol. The van der Waals surface area contributed by atoms with Crippen LogP contribution in [-0.2, 0) is 17.3 Å². The molecule has 0 fully saturated rings. The van der Waals surface area contributed by atoms with Crippen molar-refractivity contribution in [3.05, 3.63) is 64.4 Å². The van der Waals surface area contributed by atoms with E-state index in [2.05, 4.69) is 27.1 Å². The number of hydrogen-bond donors (Lipinski definition) is 1. The molecule has 0 aliphatic carbocycles. The van der Waals surface area contributed by atoms with Crippen molar-refractivity contribution in [2.45, 2.75) is 5.54 Å². The van der Waals surface area contributed by atoms with Crippen molar-refractivity contribution in [2.75, 3.05) is 6.61 Å². The fourth-order valence-electron chi connectivity index (χ4n) is 3.58. The predicted octanol–water partition coefficient (Wildman–Crippen LogP) is 3.54. The Kier molecular flexibility index (Phi) is 3.18. The molecular weight excluding hydrogens is 396 g/mol. The van der Waals surface area contributed by atoms with E-state index in [1.807, 2.05) is 49.8 Å². The number of nitrogens with two attached hydrogens (primary N) is 1. The molecule has 0 unspecified atom stereocenters. The van der Waals surface area contributed by atoms with E-state index in [9.17, 15) is 0 Å². The van der Waals surface area contributed by atoms with Crippen molar-refractivity contribution in [2.24, 2.45) is 17.8 Å². The molecule has 7 heteroatoms. The number of fused-ring (bicyclic) bond motifs is 4. The molecule has 0 bridgehead atoms. The van der Waals surface area contributed by atoms with Crippen LogP contribution in [0.4, 0.5) is 0 Å². The number of benzene rings is 2. The molecule has 26 heavy (non-hydrogen) atoms. The maximum Gasteiger partial charge on any atom is 0.283 e. The topological polar surface area (TPSA) is 74.7 Å². The summed E-state index contributed by atoms with van der Waals surface area (Å²) >= 11 is 3.54. The summed E-state index contributed by atoms with van der Waals surface area (Å²) in [5.74, 6) is 1.52. The van der Waals surface area contributed by atoms with Gasteiger partial charge in [-0.15, -0.1) is 0 Å². The Labute approximate surface area is 158 Å². The van der Waals surface area contributed by atoms with Gasteiger partial charge in [0, 0.05) is 34.4 Å². The third kappa shape index (κ3) is 2.17. The Morgan fingerprint density at radius 1 is 1.12 bits per heavy atom. The summed E-state index contributed by atoms with van der Waals surface area (Å²) in [6.45, 7) is 0.342. The Hall–Kier alpha value is -2.80. The zero-order valence-electron chi connectivity index (χ0n) is 13.9. The number of amidine groups is 1. The molecule has 3 heterocycles. The van der Waals surface area contributed by atoms with E-state index >= 15 is 0 Å². The van der Waals surface area contributed by atoms with Crippen LogP contribution in [-0.4, -0.2) is 22.4 Å². The van der Waals surface area contributed by atoms with Gasteiger partial charge >= 0.3 is 0 Å². The van der Waals surface area contributed by atoms with Crippen molar-refractivity contribution in [1.82, 2.24) is 9.78 Å². The molecule has 6 nitrogen and oxygen atoms in total. The monoisotopic (exact) mass is 410 g/mol. The molecule has 2 aliphatic heterocycles. The summed E-state index contributed by atoms with van der Waals surface area (Å²) in [6, 6.07) is 12.2. The van der Waals surface area contributed by atoms with Crippen LogP contribution in [0.25, 0.3) is 11.1 Å². The summed E-state index contributed by atoms with van der Waals surface area (Å²) in [5, 5.41) is 4.26. The van der Waals surface area contributed by atoms with E-state index in [4.69, 9.17) is 20.2 Å². The molecule has 0 radical (unpaired) electrons. The van der Waals surface area contributed by atoms with E-state index in [0.29, 0.717) is 6.61 Å². The molecule has 0 saturated heterocycles. The van der Waals surface area contributed by atoms with Crippen molar-refractivity contribution in [3.8, 4) is 22.6 Å². The minimum atomic E-state index is -0.713. The van der Waals surface area contributed by atoms with Crippen molar-refractivity contribution in [3.63, 3.8) is 0 Å². The molecule has 2 N–H and O–H groups in total. The first-order valence-electron chi connectivity index (χ1n) is 8.15. The van der Waals surface area contributed by atoms with Gasteiger partial charge < -0.3 is 15.2 Å². The lowest BCUT2D eigenvalue weighted by Gasteiger charge is -2.33. The number of hydrogen-bond acceptors (Lipinski definition) is 5. The van der Waals surface area contributed by atoms with Crippen LogP contribution in [0.1, 0.15) is 11.1 Å². The Morgan fingerprint density at radius 2 is 1.88 bits per heavy atom. The van der Waals surface area contributed by atoms with E-state index in [1.54, 1.807) is 4.68 Å². The van der Waals surface area contributed by atoms with Crippen LogP contribution in [0.3, 0.4) is 0 Å². The normalized spacial score (nSPS) is 20.2. The smallest absolute Gasteiger partial charge is 0.283 e. The molecule has 1 aromatic heterocycles. The van der Waals surface area contributed by atoms with Gasteiger partial charge in [-0.3, -0.25) is 4.68 Å². The Morgan fingerprint density at radius 3 is 2.58 bits per heavy atom. The first kappa shape index (κ1) is 15.5. The second-order valence-corrected chi connectivity index (χ2v) is 7.37. The minimum Gasteiger partial charge on any atom is -0.462 e. The number of aliphatic imine (C=N–C) groups is 1. The van der Waals surface area contributed by atoms with Crippen LogP contribution < -0.4 is 10.5 Å². The van der Waals surface area contributed by atoms with Gasteiger partial charge in [0.15, 0.2) is 5.54 Å². The van der Waals surface area contributed by atoms with Gasteiger partial charge in [-0.25, -0.2) is 4.99 Å². The lowest BCUT2D eigenvalue weighted by molar-refractivity contribution is 0.264. The van der Waals surface area contributed by atoms with Crippen molar-refractivity contribution >= 4 is 22.0 Å². The molecule has 1 atom stereocenters. The molecular formula is C19H15BrN4O2. The summed E-state index contributed by atoms with van der Waals surface area (Å²) in [7, 11) is 1.90. The van der Waals surface area contributed by atoms with Gasteiger partial charge in [-0.2, -0.15) is 5.10 Å². The van der Waals surface area contributed by atoms with Crippen LogP contribution in [0.5, 0.6) is 11.5 Å². The first-order chi connectivity index (χ1) is 12.5. The number of halogens is 1. The molecule has 2 aromatic carbocycles. The lowest BCUT2D eigenvalue weighted by atomic mass is 9.80. The number of aromatic nitrogens is 2. The third-order valence-corrected chi connectivity index (χ3v) is 5.29. The van der Waals surface area contributed by atoms with Gasteiger partial charge in [-0.1, -0.05) is 22.0 Å². The van der Waals surface area contributed by atoms with Gasteiger partial charge in [0.1, 0.15) is 18.1 Å². The number of aryl methyl sites for hydroxylation is 1. The van der Waals surface area contributed by atoms with Crippen molar-refractivity contribution < 1.29 is 9.47 Å². The SMILES string of the molecule is Cn1cc(-c2ccc3c(c2)[C@]2(COC(N)=N2)c2cc(Br)ccc2O3)cn1. The maximum absolute atomic E-state index is 6.14. The number of nitrogens with zero attached hydrogens (tertiary/aromatic N) is 3. The second-order valence-electron chi connectivity index (χ2n) is 6.46. The average molecular weight is 411 g/mol. The molecule has 0 amide bonds. The second kappa shape index (κ2) is 5.35. The average Bonchev–Trinajstić information content (AvgIpc) is 3.23. The van der Waals surface area contributed by atoms with Gasteiger partial charge in [0.25, 0.3) is 6.02 Å². The van der Waals surface area contributed by atoms with Crippen LogP contribution in [0, 0.1) is 0 Å². The molecule has 1 spiro atoms. The molecule has 5 rings (SSSR count). The number of rotatable bonds is 1. The van der Waals surface area contributed by atoms with Gasteiger partial charge in [0.2, 0.25) is 0 Å². The Bertz CT molecular complexity index is 1080. The molecule has 0 saturated carbocycles. The van der Waals surface area contributed by atoms with Gasteiger partial charge in [0.05, 0.1) is 6.20 Å². The molecule has 2 aliphatic rings. The summed E-state index contributed by atoms with van der Waals surface area (Å²) in [5.41, 5.74) is 9.13. The molecule has 130 valence electrons. The number of ether oxygens (including phenoxy) is 2. The summed E-state index contributed by atoms with van der Waals surface area (Å²) in [4.78, 5) is 4.69. The highest BCUT2D eigenvalue weighted by Gasteiger charge is 2.47. The van der Waals surface area contributed by atoms with E-state index < -0.39 is 5.54 Å². The van der Waals surface area contributed by atoms with E-state index in [0.717, 1.165) is 38.2 Å². The quantitative estimate of drug-likeness (QED) is 0.665. The highest BCUT2D eigenvalue weighted by atomic mass is 79.9. The summed E-state index contributed by atoms with van der Waals surface area (Å²) < 4.78 is 14.5. The highest BCUT2D eigenvalue weighted by molar-refractivity contribution is 9.10. The van der Waals surface area contributed by atoms with Crippen LogP contribution in [0.15, 0.2) is 58.3 Å². The van der Waals surface area contributed by atoms with Crippen molar-refractivity contribution in [1.29, 1.82) is 0 Å². The fourth-order valence-corrected chi connectivity index (χ4v) is 3.94. The van der Waals surface area contributed by atoms with E-state index in [-0.39, 0.29) is 6.02 Å². The Balaban J connectivity index is 1.75. The van der Waals surface area contributed by atoms with Gasteiger partial charge in [-0.05, 0) is 35.9 Å². The maximum atomic E-state index is 6.14. The van der Waals surface area contributed by atoms with Crippen LogP contribution in [0.2, 0.25) is 0 Å².